The molecule has 3 heterocycles. The molecule has 98 valence electrons. The first-order valence-corrected chi connectivity index (χ1v) is 6.19. The number of nitrogens with zero attached hydrogens (tertiary/aromatic N) is 1. The average molecular weight is 253 g/mol. The van der Waals surface area contributed by atoms with Crippen molar-refractivity contribution >= 4 is 11.9 Å². The first-order valence-electron chi connectivity index (χ1n) is 6.19. The Labute approximate surface area is 103 Å². The van der Waals surface area contributed by atoms with Crippen LogP contribution in [0.2, 0.25) is 0 Å². The third-order valence-electron chi connectivity index (χ3n) is 4.73. The van der Waals surface area contributed by atoms with Crippen LogP contribution in [0.3, 0.4) is 0 Å². The van der Waals surface area contributed by atoms with Gasteiger partial charge in [0.05, 0.1) is 0 Å². The lowest BCUT2D eigenvalue weighted by Crippen LogP contribution is -2.77. The summed E-state index contributed by atoms with van der Waals surface area (Å²) in [4.78, 5) is 16.2. The zero-order chi connectivity index (χ0) is 12.7. The maximum Gasteiger partial charge on any atom is 0.338 e. The van der Waals surface area contributed by atoms with Crippen LogP contribution < -0.4 is 11.1 Å². The third-order valence-corrected chi connectivity index (χ3v) is 4.73. The highest BCUT2D eigenvalue weighted by atomic mass is 16.6. The van der Waals surface area contributed by atoms with E-state index < -0.39 is 36.0 Å². The fourth-order valence-electron chi connectivity index (χ4n) is 3.95. The zero-order valence-corrected chi connectivity index (χ0v) is 9.87. The molecule has 7 heteroatoms. The maximum atomic E-state index is 12.0. The number of aliphatic hydroxyl groups is 1. The van der Waals surface area contributed by atoms with Gasteiger partial charge in [-0.15, -0.1) is 0 Å². The van der Waals surface area contributed by atoms with Gasteiger partial charge in [-0.1, -0.05) is 6.92 Å². The van der Waals surface area contributed by atoms with Crippen LogP contribution in [0.15, 0.2) is 4.99 Å². The number of aliphatic hydroxyl groups excluding tert-OH is 1. The van der Waals surface area contributed by atoms with Crippen LogP contribution in [0.5, 0.6) is 0 Å². The summed E-state index contributed by atoms with van der Waals surface area (Å²) >= 11 is 0. The molecule has 0 aromatic heterocycles. The van der Waals surface area contributed by atoms with E-state index in [0.717, 1.165) is 6.42 Å². The number of rotatable bonds is 0. The van der Waals surface area contributed by atoms with Gasteiger partial charge in [0.25, 0.3) is 0 Å². The summed E-state index contributed by atoms with van der Waals surface area (Å²) in [7, 11) is 0. The van der Waals surface area contributed by atoms with Gasteiger partial charge in [0.2, 0.25) is 0 Å². The van der Waals surface area contributed by atoms with Gasteiger partial charge in [-0.3, -0.25) is 0 Å². The summed E-state index contributed by atoms with van der Waals surface area (Å²) in [6, 6.07) is 0. The molecule has 0 aromatic carbocycles. The van der Waals surface area contributed by atoms with Crippen molar-refractivity contribution in [3.05, 3.63) is 0 Å². The molecule has 0 radical (unpaired) electrons. The Balaban J connectivity index is 1.90. The van der Waals surface area contributed by atoms with Crippen LogP contribution in [0, 0.1) is 11.8 Å². The number of fused-ring (bicyclic) bond motifs is 1. The number of esters is 1. The standard InChI is InChI=1S/C11H15N3O4/c1-3-2-4-8-13-10(12)14-11(4)6(15)5(3)17-9(16)7(11)18-8/h3-8,15H,2H2,1H3,(H3,12,13,14)/t3-,4-,5-,6+,7-,8-,11-/m1/s1. The molecule has 4 N–H and O–H groups in total. The molecule has 0 unspecified atom stereocenters. The van der Waals surface area contributed by atoms with E-state index in [-0.39, 0.29) is 17.8 Å². The van der Waals surface area contributed by atoms with Crippen molar-refractivity contribution in [2.24, 2.45) is 22.6 Å². The second-order valence-electron chi connectivity index (χ2n) is 5.64. The number of hydrogen-bond acceptors (Lipinski definition) is 7. The molecule has 1 aliphatic carbocycles. The van der Waals surface area contributed by atoms with Crippen LogP contribution in [-0.2, 0) is 14.3 Å². The molecule has 3 aliphatic heterocycles. The second kappa shape index (κ2) is 2.97. The summed E-state index contributed by atoms with van der Waals surface area (Å²) in [5, 5.41) is 13.6. The predicted octanol–water partition coefficient (Wildman–Crippen LogP) is -1.69. The average Bonchev–Trinajstić information content (AvgIpc) is 2.53. The zero-order valence-electron chi connectivity index (χ0n) is 9.87. The first kappa shape index (κ1) is 10.6. The Bertz CT molecular complexity index is 467. The molecule has 1 saturated carbocycles. The topological polar surface area (TPSA) is 106 Å². The van der Waals surface area contributed by atoms with Crippen LogP contribution >= 0.6 is 0 Å². The molecule has 4 rings (SSSR count). The number of guanidine groups is 1. The number of aliphatic imine (C=N–C) groups is 1. The van der Waals surface area contributed by atoms with Gasteiger partial charge in [-0.25, -0.2) is 9.79 Å². The van der Waals surface area contributed by atoms with Crippen LogP contribution in [0.25, 0.3) is 0 Å². The van der Waals surface area contributed by atoms with Crippen molar-refractivity contribution in [3.63, 3.8) is 0 Å². The highest BCUT2D eigenvalue weighted by molar-refractivity contribution is 5.86. The van der Waals surface area contributed by atoms with Crippen LogP contribution in [-0.4, -0.2) is 47.1 Å². The summed E-state index contributed by atoms with van der Waals surface area (Å²) in [6.07, 6.45) is -1.80. The lowest BCUT2D eigenvalue weighted by Gasteiger charge is -2.54. The minimum absolute atomic E-state index is 0.0381. The SMILES string of the molecule is C[C@@H]1C[C@@H]2[C@@H]3N=C(N)N[C@]24[C@H](O3)C(=O)O[C@H]1[C@@H]4O. The molecule has 3 bridgehead atoms. The molecule has 0 aromatic rings. The van der Waals surface area contributed by atoms with E-state index in [1.165, 1.54) is 0 Å². The molecule has 0 amide bonds. The number of nitrogens with two attached hydrogens (primary N) is 1. The third kappa shape index (κ3) is 0.950. The Morgan fingerprint density at radius 2 is 2.39 bits per heavy atom. The molecular formula is C11H15N3O4. The molecule has 2 saturated heterocycles. The molecule has 7 atom stereocenters. The Morgan fingerprint density at radius 3 is 3.17 bits per heavy atom. The number of carbonyl (C=O) groups excluding carboxylic acids is 1. The molecular weight excluding hydrogens is 238 g/mol. The fraction of sp³-hybridized carbons (Fsp3) is 0.818. The number of nitrogens with one attached hydrogen (secondary N) is 1. The van der Waals surface area contributed by atoms with Gasteiger partial charge in [0.15, 0.2) is 18.3 Å². The van der Waals surface area contributed by atoms with E-state index in [0.29, 0.717) is 0 Å². The Hall–Kier alpha value is -1.34. The van der Waals surface area contributed by atoms with Gasteiger partial charge in [-0.2, -0.15) is 0 Å². The van der Waals surface area contributed by atoms with Crippen molar-refractivity contribution in [2.75, 3.05) is 0 Å². The van der Waals surface area contributed by atoms with E-state index >= 15 is 0 Å². The highest BCUT2D eigenvalue weighted by Crippen LogP contribution is 2.53. The summed E-state index contributed by atoms with van der Waals surface area (Å²) < 4.78 is 11.0. The van der Waals surface area contributed by atoms with E-state index in [9.17, 15) is 9.90 Å². The van der Waals surface area contributed by atoms with E-state index in [1.54, 1.807) is 0 Å². The summed E-state index contributed by atoms with van der Waals surface area (Å²) in [5.41, 5.74) is 4.87. The number of carbonyl (C=O) groups is 1. The van der Waals surface area contributed by atoms with Crippen molar-refractivity contribution in [1.82, 2.24) is 5.32 Å². The lowest BCUT2D eigenvalue weighted by molar-refractivity contribution is -0.208. The van der Waals surface area contributed by atoms with Crippen molar-refractivity contribution in [3.8, 4) is 0 Å². The monoisotopic (exact) mass is 253 g/mol. The quantitative estimate of drug-likeness (QED) is 0.445. The van der Waals surface area contributed by atoms with Gasteiger partial charge in [0.1, 0.15) is 17.7 Å². The summed E-state index contributed by atoms with van der Waals surface area (Å²) in [6.45, 7) is 1.97. The Morgan fingerprint density at radius 1 is 1.61 bits per heavy atom. The van der Waals surface area contributed by atoms with Crippen molar-refractivity contribution < 1.29 is 19.4 Å². The second-order valence-corrected chi connectivity index (χ2v) is 5.64. The predicted molar refractivity (Wildman–Crippen MR) is 59.3 cm³/mol. The van der Waals surface area contributed by atoms with E-state index in [2.05, 4.69) is 10.3 Å². The van der Waals surface area contributed by atoms with E-state index in [1.807, 2.05) is 6.92 Å². The fourth-order valence-corrected chi connectivity index (χ4v) is 3.95. The van der Waals surface area contributed by atoms with Crippen LogP contribution in [0.1, 0.15) is 13.3 Å². The Kier molecular flexibility index (Phi) is 1.74. The van der Waals surface area contributed by atoms with Gasteiger partial charge < -0.3 is 25.6 Å². The molecule has 3 fully saturated rings. The maximum absolute atomic E-state index is 12.0. The smallest absolute Gasteiger partial charge is 0.338 e. The largest absolute Gasteiger partial charge is 0.457 e. The van der Waals surface area contributed by atoms with Crippen LogP contribution in [0.4, 0.5) is 0 Å². The lowest BCUT2D eigenvalue weighted by atomic mass is 9.62. The van der Waals surface area contributed by atoms with Crippen molar-refractivity contribution in [1.29, 1.82) is 0 Å². The molecule has 4 aliphatic rings. The highest BCUT2D eigenvalue weighted by Gasteiger charge is 2.72. The van der Waals surface area contributed by atoms with Gasteiger partial charge >= 0.3 is 5.97 Å². The summed E-state index contributed by atoms with van der Waals surface area (Å²) in [5.74, 6) is -0.157. The molecule has 18 heavy (non-hydrogen) atoms. The molecule has 7 nitrogen and oxygen atoms in total. The minimum atomic E-state index is -0.858. The van der Waals surface area contributed by atoms with Gasteiger partial charge in [0, 0.05) is 5.92 Å². The number of ether oxygens (including phenoxy) is 2. The first-order chi connectivity index (χ1) is 8.54. The normalized spacial score (nSPS) is 56.6. The number of hydrogen-bond donors (Lipinski definition) is 3. The van der Waals surface area contributed by atoms with Gasteiger partial charge in [-0.05, 0) is 12.3 Å². The van der Waals surface area contributed by atoms with Crippen molar-refractivity contribution in [2.45, 2.75) is 43.4 Å². The minimum Gasteiger partial charge on any atom is -0.457 e. The molecule has 1 spiro atoms. The van der Waals surface area contributed by atoms with E-state index in [4.69, 9.17) is 15.2 Å².